The molecule has 7 nitrogen and oxygen atoms in total. The summed E-state index contributed by atoms with van der Waals surface area (Å²) in [7, 11) is 0. The van der Waals surface area contributed by atoms with E-state index in [2.05, 4.69) is 5.32 Å². The van der Waals surface area contributed by atoms with Gasteiger partial charge in [0.15, 0.2) is 11.5 Å². The Hall–Kier alpha value is -4.02. The first-order valence-corrected chi connectivity index (χ1v) is 10.0. The molecule has 1 heterocycles. The molecule has 3 rings (SSSR count). The Morgan fingerprint density at radius 2 is 1.94 bits per heavy atom. The van der Waals surface area contributed by atoms with Crippen molar-refractivity contribution in [3.63, 3.8) is 0 Å². The normalized spacial score (nSPS) is 10.8. The van der Waals surface area contributed by atoms with E-state index in [1.54, 1.807) is 61.5 Å². The lowest BCUT2D eigenvalue weighted by Gasteiger charge is -2.12. The molecule has 0 bridgehead atoms. The van der Waals surface area contributed by atoms with Gasteiger partial charge in [0.2, 0.25) is 0 Å². The van der Waals surface area contributed by atoms with E-state index in [4.69, 9.17) is 25.5 Å². The lowest BCUT2D eigenvalue weighted by atomic mass is 10.1. The van der Waals surface area contributed by atoms with Gasteiger partial charge in [-0.1, -0.05) is 17.7 Å². The quantitative estimate of drug-likeness (QED) is 0.229. The summed E-state index contributed by atoms with van der Waals surface area (Å²) in [6.45, 7) is 2.28. The van der Waals surface area contributed by atoms with E-state index in [0.717, 1.165) is 0 Å². The number of hydrogen-bond donors (Lipinski definition) is 1. The van der Waals surface area contributed by atoms with Gasteiger partial charge >= 0.3 is 5.97 Å². The highest BCUT2D eigenvalue weighted by atomic mass is 35.5. The standard InChI is InChI=1S/C24H19ClN2O5/c1-2-30-22-13-16(12-18(14-26)23(28)27-15-20-4-3-11-31-20)5-10-21(22)32-24(29)17-6-8-19(25)9-7-17/h3-13H,2,15H2,1H3,(H,27,28)/b18-12+. The molecule has 1 amide bonds. The summed E-state index contributed by atoms with van der Waals surface area (Å²) in [6.07, 6.45) is 2.92. The van der Waals surface area contributed by atoms with E-state index in [9.17, 15) is 14.9 Å². The molecule has 0 radical (unpaired) electrons. The number of nitriles is 1. The smallest absolute Gasteiger partial charge is 0.343 e. The zero-order valence-electron chi connectivity index (χ0n) is 17.1. The predicted octanol–water partition coefficient (Wildman–Crippen LogP) is 4.77. The number of benzene rings is 2. The Bertz CT molecular complexity index is 1160. The fraction of sp³-hybridized carbons (Fsp3) is 0.125. The average molecular weight is 451 g/mol. The number of carbonyl (C=O) groups is 2. The van der Waals surface area contributed by atoms with Crippen molar-refractivity contribution in [2.75, 3.05) is 6.61 Å². The zero-order valence-corrected chi connectivity index (χ0v) is 17.9. The van der Waals surface area contributed by atoms with Gasteiger partial charge in [-0.05, 0) is 67.1 Å². The van der Waals surface area contributed by atoms with E-state index < -0.39 is 11.9 Å². The van der Waals surface area contributed by atoms with Crippen molar-refractivity contribution in [2.45, 2.75) is 13.5 Å². The highest BCUT2D eigenvalue weighted by Crippen LogP contribution is 2.30. The van der Waals surface area contributed by atoms with Gasteiger partial charge in [-0.15, -0.1) is 0 Å². The average Bonchev–Trinajstić information content (AvgIpc) is 3.31. The Labute approximate surface area is 189 Å². The molecular weight excluding hydrogens is 432 g/mol. The summed E-state index contributed by atoms with van der Waals surface area (Å²) in [5.41, 5.74) is 0.773. The molecule has 2 aromatic carbocycles. The molecule has 32 heavy (non-hydrogen) atoms. The first-order valence-electron chi connectivity index (χ1n) is 9.67. The van der Waals surface area contributed by atoms with Crippen LogP contribution in [0.5, 0.6) is 11.5 Å². The van der Waals surface area contributed by atoms with Crippen LogP contribution in [0.1, 0.15) is 28.6 Å². The number of rotatable bonds is 8. The summed E-state index contributed by atoms with van der Waals surface area (Å²) in [5.74, 6) is -0.0243. The van der Waals surface area contributed by atoms with Crippen molar-refractivity contribution in [2.24, 2.45) is 0 Å². The number of esters is 1. The third-order valence-corrected chi connectivity index (χ3v) is 4.48. The first-order chi connectivity index (χ1) is 15.5. The van der Waals surface area contributed by atoms with Crippen LogP contribution in [0, 0.1) is 11.3 Å². The summed E-state index contributed by atoms with van der Waals surface area (Å²) >= 11 is 5.85. The first kappa shape index (κ1) is 22.7. The van der Waals surface area contributed by atoms with Crippen molar-refractivity contribution in [1.82, 2.24) is 5.32 Å². The minimum atomic E-state index is -0.569. The molecule has 0 saturated heterocycles. The molecule has 0 unspecified atom stereocenters. The van der Waals surface area contributed by atoms with E-state index in [-0.39, 0.29) is 17.9 Å². The molecule has 0 aliphatic heterocycles. The van der Waals surface area contributed by atoms with Crippen LogP contribution in [0.2, 0.25) is 5.02 Å². The number of ether oxygens (including phenoxy) is 2. The minimum Gasteiger partial charge on any atom is -0.490 e. The number of hydrogen-bond acceptors (Lipinski definition) is 6. The molecule has 0 aliphatic carbocycles. The van der Waals surface area contributed by atoms with E-state index in [1.807, 2.05) is 6.07 Å². The third-order valence-electron chi connectivity index (χ3n) is 4.23. The maximum atomic E-state index is 12.4. The van der Waals surface area contributed by atoms with Crippen molar-refractivity contribution in [1.29, 1.82) is 5.26 Å². The number of nitrogens with one attached hydrogen (secondary N) is 1. The third kappa shape index (κ3) is 6.00. The Balaban J connectivity index is 1.77. The Morgan fingerprint density at radius 1 is 1.16 bits per heavy atom. The summed E-state index contributed by atoms with van der Waals surface area (Å²) in [4.78, 5) is 24.7. The highest BCUT2D eigenvalue weighted by molar-refractivity contribution is 6.30. The summed E-state index contributed by atoms with van der Waals surface area (Å²) in [5, 5.41) is 12.5. The predicted molar refractivity (Wildman–Crippen MR) is 118 cm³/mol. The van der Waals surface area contributed by atoms with Crippen LogP contribution in [0.3, 0.4) is 0 Å². The molecular formula is C24H19ClN2O5. The van der Waals surface area contributed by atoms with Gasteiger partial charge in [-0.2, -0.15) is 5.26 Å². The van der Waals surface area contributed by atoms with Gasteiger partial charge in [0.25, 0.3) is 5.91 Å². The van der Waals surface area contributed by atoms with Crippen molar-refractivity contribution in [3.05, 3.63) is 88.3 Å². The van der Waals surface area contributed by atoms with E-state index >= 15 is 0 Å². The largest absolute Gasteiger partial charge is 0.490 e. The molecule has 162 valence electrons. The number of furan rings is 1. The molecule has 0 spiro atoms. The number of amides is 1. The lowest BCUT2D eigenvalue weighted by Crippen LogP contribution is -2.23. The molecule has 3 aromatic rings. The zero-order chi connectivity index (χ0) is 22.9. The fourth-order valence-electron chi connectivity index (χ4n) is 2.70. The van der Waals surface area contributed by atoms with E-state index in [1.165, 1.54) is 12.3 Å². The number of nitrogens with zero attached hydrogens (tertiary/aromatic N) is 1. The second-order valence-electron chi connectivity index (χ2n) is 6.47. The molecule has 1 N–H and O–H groups in total. The van der Waals surface area contributed by atoms with Crippen LogP contribution in [-0.2, 0) is 11.3 Å². The minimum absolute atomic E-state index is 0.0927. The van der Waals surface area contributed by atoms with Crippen molar-refractivity contribution in [3.8, 4) is 17.6 Å². The second kappa shape index (κ2) is 10.8. The summed E-state index contributed by atoms with van der Waals surface area (Å²) < 4.78 is 16.2. The highest BCUT2D eigenvalue weighted by Gasteiger charge is 2.15. The number of carbonyl (C=O) groups excluding carboxylic acids is 2. The van der Waals surface area contributed by atoms with Gasteiger partial charge in [-0.3, -0.25) is 4.79 Å². The topological polar surface area (TPSA) is 102 Å². The lowest BCUT2D eigenvalue weighted by molar-refractivity contribution is -0.117. The molecule has 0 saturated carbocycles. The van der Waals surface area contributed by atoms with Crippen LogP contribution in [-0.4, -0.2) is 18.5 Å². The van der Waals surface area contributed by atoms with Crippen LogP contribution in [0.15, 0.2) is 70.9 Å². The SMILES string of the molecule is CCOc1cc(/C=C(\C#N)C(=O)NCc2ccco2)ccc1OC(=O)c1ccc(Cl)cc1. The summed E-state index contributed by atoms with van der Waals surface area (Å²) in [6, 6.07) is 16.4. The number of halogens is 1. The monoisotopic (exact) mass is 450 g/mol. The maximum Gasteiger partial charge on any atom is 0.343 e. The molecule has 1 aromatic heterocycles. The van der Waals surface area contributed by atoms with Crippen molar-refractivity contribution < 1.29 is 23.5 Å². The van der Waals surface area contributed by atoms with Gasteiger partial charge < -0.3 is 19.2 Å². The molecule has 8 heteroatoms. The van der Waals surface area contributed by atoms with E-state index in [0.29, 0.717) is 34.3 Å². The Morgan fingerprint density at radius 3 is 2.59 bits per heavy atom. The van der Waals surface area contributed by atoms with Gasteiger partial charge in [0.05, 0.1) is 25.0 Å². The Kier molecular flexibility index (Phi) is 7.68. The van der Waals surface area contributed by atoms with Crippen LogP contribution in [0.4, 0.5) is 0 Å². The maximum absolute atomic E-state index is 12.4. The molecule has 0 atom stereocenters. The van der Waals surface area contributed by atoms with Crippen LogP contribution >= 0.6 is 11.6 Å². The van der Waals surface area contributed by atoms with Gasteiger partial charge in [-0.25, -0.2) is 4.79 Å². The molecule has 0 aliphatic rings. The van der Waals surface area contributed by atoms with Gasteiger partial charge in [0.1, 0.15) is 17.4 Å². The van der Waals surface area contributed by atoms with Crippen LogP contribution < -0.4 is 14.8 Å². The van der Waals surface area contributed by atoms with Crippen LogP contribution in [0.25, 0.3) is 6.08 Å². The fourth-order valence-corrected chi connectivity index (χ4v) is 2.83. The second-order valence-corrected chi connectivity index (χ2v) is 6.90. The van der Waals surface area contributed by atoms with Crippen molar-refractivity contribution >= 4 is 29.6 Å². The molecule has 0 fully saturated rings. The van der Waals surface area contributed by atoms with Gasteiger partial charge in [0, 0.05) is 5.02 Å².